The van der Waals surface area contributed by atoms with Gasteiger partial charge in [0.25, 0.3) is 0 Å². The lowest BCUT2D eigenvalue weighted by Gasteiger charge is -2.13. The summed E-state index contributed by atoms with van der Waals surface area (Å²) >= 11 is 0. The molecule has 0 fully saturated rings. The first-order valence-electron chi connectivity index (χ1n) is 5.63. The fourth-order valence-corrected chi connectivity index (χ4v) is 1.76. The number of aromatic nitrogens is 2. The minimum Gasteiger partial charge on any atom is -0.382 e. The predicted octanol–water partition coefficient (Wildman–Crippen LogP) is 1.70. The van der Waals surface area contributed by atoms with Gasteiger partial charge in [-0.05, 0) is 5.56 Å². The summed E-state index contributed by atoms with van der Waals surface area (Å²) in [6.07, 6.45) is 3.86. The van der Waals surface area contributed by atoms with Crippen LogP contribution in [0.25, 0.3) is 11.1 Å². The third-order valence-corrected chi connectivity index (χ3v) is 2.71. The molecule has 2 aromatic rings. The lowest BCUT2D eigenvalue weighted by molar-refractivity contribution is 0.152. The summed E-state index contributed by atoms with van der Waals surface area (Å²) in [5.41, 5.74) is 7.95. The van der Waals surface area contributed by atoms with Crippen LogP contribution in [0.3, 0.4) is 0 Å². The smallest absolute Gasteiger partial charge is 0.0874 e. The van der Waals surface area contributed by atoms with Crippen LogP contribution in [0.4, 0.5) is 0 Å². The van der Waals surface area contributed by atoms with E-state index < -0.39 is 0 Å². The Labute approximate surface area is 101 Å². The summed E-state index contributed by atoms with van der Waals surface area (Å²) in [5, 5.41) is 4.34. The predicted molar refractivity (Wildman–Crippen MR) is 67.6 cm³/mol. The van der Waals surface area contributed by atoms with Gasteiger partial charge in [0.05, 0.1) is 18.8 Å². The van der Waals surface area contributed by atoms with E-state index in [1.165, 1.54) is 0 Å². The minimum atomic E-state index is 0.0949. The van der Waals surface area contributed by atoms with Crippen molar-refractivity contribution >= 4 is 0 Å². The highest BCUT2D eigenvalue weighted by atomic mass is 16.5. The molecule has 17 heavy (non-hydrogen) atoms. The van der Waals surface area contributed by atoms with Crippen LogP contribution in [0, 0.1) is 0 Å². The lowest BCUT2D eigenvalue weighted by Crippen LogP contribution is -2.23. The van der Waals surface area contributed by atoms with Crippen molar-refractivity contribution in [3.05, 3.63) is 42.7 Å². The zero-order valence-corrected chi connectivity index (χ0v) is 9.91. The van der Waals surface area contributed by atoms with Gasteiger partial charge < -0.3 is 10.5 Å². The quantitative estimate of drug-likeness (QED) is 0.852. The molecule has 1 heterocycles. The average molecular weight is 231 g/mol. The van der Waals surface area contributed by atoms with Gasteiger partial charge in [-0.2, -0.15) is 5.10 Å². The molecule has 2 N–H and O–H groups in total. The van der Waals surface area contributed by atoms with Gasteiger partial charge in [-0.15, -0.1) is 0 Å². The van der Waals surface area contributed by atoms with Crippen molar-refractivity contribution in [2.24, 2.45) is 5.73 Å². The van der Waals surface area contributed by atoms with Crippen LogP contribution in [-0.4, -0.2) is 30.0 Å². The number of nitrogens with two attached hydrogens (primary N) is 1. The van der Waals surface area contributed by atoms with Crippen molar-refractivity contribution in [2.75, 3.05) is 20.3 Å². The van der Waals surface area contributed by atoms with Gasteiger partial charge >= 0.3 is 0 Å². The van der Waals surface area contributed by atoms with Crippen molar-refractivity contribution in [3.8, 4) is 11.1 Å². The Morgan fingerprint density at radius 2 is 2.06 bits per heavy atom. The number of benzene rings is 1. The van der Waals surface area contributed by atoms with E-state index in [9.17, 15) is 0 Å². The molecule has 1 aromatic heterocycles. The first-order valence-corrected chi connectivity index (χ1v) is 5.63. The molecule has 1 aromatic carbocycles. The molecule has 2 rings (SSSR count). The van der Waals surface area contributed by atoms with Crippen LogP contribution in [0.1, 0.15) is 6.04 Å². The number of hydrogen-bond acceptors (Lipinski definition) is 3. The molecule has 0 bridgehead atoms. The van der Waals surface area contributed by atoms with Crippen LogP contribution < -0.4 is 5.73 Å². The van der Waals surface area contributed by atoms with Crippen molar-refractivity contribution in [1.82, 2.24) is 9.78 Å². The first-order chi connectivity index (χ1) is 8.35. The Hall–Kier alpha value is -1.65. The molecule has 0 amide bonds. The Morgan fingerprint density at radius 3 is 2.71 bits per heavy atom. The maximum Gasteiger partial charge on any atom is 0.0874 e. The normalized spacial score (nSPS) is 12.6. The molecule has 4 nitrogen and oxygen atoms in total. The Kier molecular flexibility index (Phi) is 3.90. The van der Waals surface area contributed by atoms with Crippen LogP contribution in [0.5, 0.6) is 0 Å². The molecule has 4 heteroatoms. The summed E-state index contributed by atoms with van der Waals surface area (Å²) in [6.45, 7) is 1.09. The monoisotopic (exact) mass is 231 g/mol. The highest BCUT2D eigenvalue weighted by Crippen LogP contribution is 2.19. The van der Waals surface area contributed by atoms with Gasteiger partial charge in [-0.3, -0.25) is 4.68 Å². The second-order valence-corrected chi connectivity index (χ2v) is 3.92. The Morgan fingerprint density at radius 1 is 1.29 bits per heavy atom. The fourth-order valence-electron chi connectivity index (χ4n) is 1.76. The van der Waals surface area contributed by atoms with Gasteiger partial charge in [-0.25, -0.2) is 0 Å². The zero-order valence-electron chi connectivity index (χ0n) is 9.91. The maximum atomic E-state index is 5.70. The van der Waals surface area contributed by atoms with E-state index in [0.29, 0.717) is 13.2 Å². The summed E-state index contributed by atoms with van der Waals surface area (Å²) in [4.78, 5) is 0. The molecule has 0 saturated carbocycles. The maximum absolute atomic E-state index is 5.70. The Balaban J connectivity index is 2.21. The molecule has 0 aliphatic carbocycles. The largest absolute Gasteiger partial charge is 0.382 e. The average Bonchev–Trinajstić information content (AvgIpc) is 2.86. The fraction of sp³-hybridized carbons (Fsp3) is 0.308. The van der Waals surface area contributed by atoms with Crippen LogP contribution in [0.2, 0.25) is 0 Å². The van der Waals surface area contributed by atoms with Crippen molar-refractivity contribution < 1.29 is 4.74 Å². The van der Waals surface area contributed by atoms with E-state index in [2.05, 4.69) is 17.2 Å². The molecule has 0 spiro atoms. The van der Waals surface area contributed by atoms with Crippen LogP contribution >= 0.6 is 0 Å². The molecule has 1 atom stereocenters. The van der Waals surface area contributed by atoms with E-state index in [0.717, 1.165) is 11.1 Å². The number of nitrogens with zero attached hydrogens (tertiary/aromatic N) is 2. The molecule has 0 radical (unpaired) electrons. The van der Waals surface area contributed by atoms with Gasteiger partial charge in [0.15, 0.2) is 0 Å². The van der Waals surface area contributed by atoms with Gasteiger partial charge in [0.2, 0.25) is 0 Å². The van der Waals surface area contributed by atoms with E-state index in [4.69, 9.17) is 10.5 Å². The minimum absolute atomic E-state index is 0.0949. The molecule has 1 unspecified atom stereocenters. The van der Waals surface area contributed by atoms with Crippen molar-refractivity contribution in [1.29, 1.82) is 0 Å². The number of methoxy groups -OCH3 is 1. The molecule has 0 saturated heterocycles. The topological polar surface area (TPSA) is 53.1 Å². The standard InChI is InChI=1S/C13H17N3O/c1-17-10-13(7-14)16-9-12(8-15-16)11-5-3-2-4-6-11/h2-6,8-9,13H,7,10,14H2,1H3. The summed E-state index contributed by atoms with van der Waals surface area (Å²) < 4.78 is 6.99. The van der Waals surface area contributed by atoms with Crippen LogP contribution in [-0.2, 0) is 4.74 Å². The van der Waals surface area contributed by atoms with Crippen molar-refractivity contribution in [3.63, 3.8) is 0 Å². The van der Waals surface area contributed by atoms with Gasteiger partial charge in [0, 0.05) is 25.4 Å². The van der Waals surface area contributed by atoms with E-state index in [1.54, 1.807) is 7.11 Å². The van der Waals surface area contributed by atoms with Crippen molar-refractivity contribution in [2.45, 2.75) is 6.04 Å². The second-order valence-electron chi connectivity index (χ2n) is 3.92. The Bertz CT molecular complexity index is 453. The number of rotatable bonds is 5. The zero-order chi connectivity index (χ0) is 12.1. The molecule has 0 aliphatic heterocycles. The van der Waals surface area contributed by atoms with Gasteiger partial charge in [0.1, 0.15) is 0 Å². The molecule has 0 aliphatic rings. The molecule has 90 valence electrons. The van der Waals surface area contributed by atoms with E-state index in [1.807, 2.05) is 35.3 Å². The third-order valence-electron chi connectivity index (χ3n) is 2.71. The summed E-state index contributed by atoms with van der Waals surface area (Å²) in [7, 11) is 1.67. The highest BCUT2D eigenvalue weighted by molar-refractivity contribution is 5.61. The van der Waals surface area contributed by atoms with E-state index in [-0.39, 0.29) is 6.04 Å². The number of ether oxygens (including phenoxy) is 1. The second kappa shape index (κ2) is 5.61. The SMILES string of the molecule is COCC(CN)n1cc(-c2ccccc2)cn1. The number of hydrogen-bond donors (Lipinski definition) is 1. The van der Waals surface area contributed by atoms with Gasteiger partial charge in [-0.1, -0.05) is 30.3 Å². The third kappa shape index (κ3) is 2.72. The highest BCUT2D eigenvalue weighted by Gasteiger charge is 2.10. The lowest BCUT2D eigenvalue weighted by atomic mass is 10.1. The first kappa shape index (κ1) is 11.8. The molecular formula is C13H17N3O. The van der Waals surface area contributed by atoms with Crippen LogP contribution in [0.15, 0.2) is 42.7 Å². The summed E-state index contributed by atoms with van der Waals surface area (Å²) in [5.74, 6) is 0. The van der Waals surface area contributed by atoms with E-state index >= 15 is 0 Å². The molecular weight excluding hydrogens is 214 g/mol. The summed E-state index contributed by atoms with van der Waals surface area (Å²) in [6, 6.07) is 10.3.